The molecule has 0 saturated carbocycles. The number of nitrogens with zero attached hydrogens (tertiary/aromatic N) is 2. The Balaban J connectivity index is 1.57. The smallest absolute Gasteiger partial charge is 0.319 e. The SMILES string of the molecule is COc1ccccc1CNC(=O)Nc1ccc(-c2noc(C)n2)cc1. The highest BCUT2D eigenvalue weighted by Crippen LogP contribution is 2.19. The number of para-hydroxylation sites is 1. The van der Waals surface area contributed by atoms with E-state index in [4.69, 9.17) is 9.26 Å². The van der Waals surface area contributed by atoms with E-state index in [9.17, 15) is 4.79 Å². The molecule has 0 radical (unpaired) electrons. The molecule has 25 heavy (non-hydrogen) atoms. The van der Waals surface area contributed by atoms with Gasteiger partial charge in [0, 0.05) is 30.3 Å². The minimum Gasteiger partial charge on any atom is -0.496 e. The number of rotatable bonds is 5. The van der Waals surface area contributed by atoms with Gasteiger partial charge >= 0.3 is 6.03 Å². The molecule has 1 heterocycles. The fraction of sp³-hybridized carbons (Fsp3) is 0.167. The number of carbonyl (C=O) groups is 1. The Bertz CT molecular complexity index is 859. The molecule has 0 unspecified atom stereocenters. The average molecular weight is 338 g/mol. The lowest BCUT2D eigenvalue weighted by molar-refractivity contribution is 0.251. The molecule has 0 spiro atoms. The lowest BCUT2D eigenvalue weighted by atomic mass is 10.2. The maximum Gasteiger partial charge on any atom is 0.319 e. The number of ether oxygens (including phenoxy) is 1. The number of aromatic nitrogens is 2. The predicted octanol–water partition coefficient (Wildman–Crippen LogP) is 3.38. The van der Waals surface area contributed by atoms with Crippen molar-refractivity contribution in [3.8, 4) is 17.1 Å². The van der Waals surface area contributed by atoms with E-state index in [-0.39, 0.29) is 6.03 Å². The van der Waals surface area contributed by atoms with Crippen LogP contribution in [0.2, 0.25) is 0 Å². The molecule has 0 aliphatic carbocycles. The first kappa shape index (κ1) is 16.5. The van der Waals surface area contributed by atoms with Gasteiger partial charge in [0.2, 0.25) is 11.7 Å². The molecule has 1 aromatic heterocycles. The molecule has 0 aliphatic rings. The molecule has 128 valence electrons. The van der Waals surface area contributed by atoms with E-state index in [1.54, 1.807) is 26.2 Å². The summed E-state index contributed by atoms with van der Waals surface area (Å²) in [7, 11) is 1.60. The summed E-state index contributed by atoms with van der Waals surface area (Å²) in [6, 6.07) is 14.4. The molecule has 2 aromatic carbocycles. The van der Waals surface area contributed by atoms with Crippen molar-refractivity contribution in [1.82, 2.24) is 15.5 Å². The van der Waals surface area contributed by atoms with Gasteiger partial charge in [-0.05, 0) is 30.3 Å². The van der Waals surface area contributed by atoms with Crippen molar-refractivity contribution in [2.24, 2.45) is 0 Å². The number of nitrogens with one attached hydrogen (secondary N) is 2. The summed E-state index contributed by atoms with van der Waals surface area (Å²) in [6.07, 6.45) is 0. The van der Waals surface area contributed by atoms with Crippen LogP contribution in [0.3, 0.4) is 0 Å². The van der Waals surface area contributed by atoms with Gasteiger partial charge in [0.25, 0.3) is 0 Å². The summed E-state index contributed by atoms with van der Waals surface area (Å²) >= 11 is 0. The Morgan fingerprint density at radius 3 is 2.60 bits per heavy atom. The molecule has 7 nitrogen and oxygen atoms in total. The highest BCUT2D eigenvalue weighted by Gasteiger charge is 2.07. The minimum absolute atomic E-state index is 0.297. The third kappa shape index (κ3) is 4.14. The highest BCUT2D eigenvalue weighted by atomic mass is 16.5. The van der Waals surface area contributed by atoms with Gasteiger partial charge in [0.05, 0.1) is 7.11 Å². The van der Waals surface area contributed by atoms with E-state index in [2.05, 4.69) is 20.8 Å². The predicted molar refractivity (Wildman–Crippen MR) is 93.3 cm³/mol. The Labute approximate surface area is 145 Å². The lowest BCUT2D eigenvalue weighted by Crippen LogP contribution is -2.28. The normalized spacial score (nSPS) is 10.3. The zero-order valence-electron chi connectivity index (χ0n) is 13.9. The van der Waals surface area contributed by atoms with Crippen LogP contribution in [0.1, 0.15) is 11.5 Å². The van der Waals surface area contributed by atoms with E-state index >= 15 is 0 Å². The molecule has 7 heteroatoms. The topological polar surface area (TPSA) is 89.3 Å². The quantitative estimate of drug-likeness (QED) is 0.744. The van der Waals surface area contributed by atoms with Gasteiger partial charge in [-0.15, -0.1) is 0 Å². The Morgan fingerprint density at radius 1 is 1.16 bits per heavy atom. The largest absolute Gasteiger partial charge is 0.496 e. The first-order valence-electron chi connectivity index (χ1n) is 7.73. The fourth-order valence-corrected chi connectivity index (χ4v) is 2.32. The molecular weight excluding hydrogens is 320 g/mol. The summed E-state index contributed by atoms with van der Waals surface area (Å²) in [5, 5.41) is 9.44. The van der Waals surface area contributed by atoms with Crippen LogP contribution in [0.25, 0.3) is 11.4 Å². The van der Waals surface area contributed by atoms with Crippen LogP contribution in [0, 0.1) is 6.92 Å². The summed E-state index contributed by atoms with van der Waals surface area (Å²) in [6.45, 7) is 2.11. The number of hydrogen-bond donors (Lipinski definition) is 2. The number of carbonyl (C=O) groups excluding carboxylic acids is 1. The average Bonchev–Trinajstić information content (AvgIpc) is 3.07. The lowest BCUT2D eigenvalue weighted by Gasteiger charge is -2.10. The van der Waals surface area contributed by atoms with Crippen molar-refractivity contribution >= 4 is 11.7 Å². The maximum absolute atomic E-state index is 12.0. The van der Waals surface area contributed by atoms with Gasteiger partial charge in [-0.1, -0.05) is 23.4 Å². The fourth-order valence-electron chi connectivity index (χ4n) is 2.32. The van der Waals surface area contributed by atoms with Gasteiger partial charge in [-0.2, -0.15) is 4.98 Å². The van der Waals surface area contributed by atoms with Crippen LogP contribution in [0.4, 0.5) is 10.5 Å². The number of urea groups is 1. The molecule has 3 aromatic rings. The van der Waals surface area contributed by atoms with Crippen molar-refractivity contribution in [1.29, 1.82) is 0 Å². The van der Waals surface area contributed by atoms with Crippen molar-refractivity contribution in [2.45, 2.75) is 13.5 Å². The second-order valence-electron chi connectivity index (χ2n) is 5.33. The van der Waals surface area contributed by atoms with Crippen LogP contribution in [0.5, 0.6) is 5.75 Å². The number of amides is 2. The Kier molecular flexibility index (Phi) is 4.94. The standard InChI is InChI=1S/C18H18N4O3/c1-12-20-17(22-25-12)13-7-9-15(10-8-13)21-18(23)19-11-14-5-3-4-6-16(14)24-2/h3-10H,11H2,1-2H3,(H2,19,21,23). The second-order valence-corrected chi connectivity index (χ2v) is 5.33. The van der Waals surface area contributed by atoms with Gasteiger partial charge in [0.15, 0.2) is 0 Å². The zero-order chi connectivity index (χ0) is 17.6. The monoisotopic (exact) mass is 338 g/mol. The van der Waals surface area contributed by atoms with E-state index < -0.39 is 0 Å². The molecule has 3 rings (SSSR count). The van der Waals surface area contributed by atoms with Crippen molar-refractivity contribution in [2.75, 3.05) is 12.4 Å². The minimum atomic E-state index is -0.297. The van der Waals surface area contributed by atoms with Crippen LogP contribution in [-0.2, 0) is 6.54 Å². The Hall–Kier alpha value is -3.35. The first-order chi connectivity index (χ1) is 12.2. The molecule has 0 atom stereocenters. The molecule has 0 bridgehead atoms. The number of anilines is 1. The Morgan fingerprint density at radius 2 is 1.92 bits per heavy atom. The summed E-state index contributed by atoms with van der Waals surface area (Å²) in [4.78, 5) is 16.2. The van der Waals surface area contributed by atoms with E-state index in [0.29, 0.717) is 23.9 Å². The van der Waals surface area contributed by atoms with Crippen molar-refractivity contribution in [3.05, 3.63) is 60.0 Å². The van der Waals surface area contributed by atoms with Gasteiger partial charge < -0.3 is 19.9 Å². The highest BCUT2D eigenvalue weighted by molar-refractivity contribution is 5.89. The van der Waals surface area contributed by atoms with E-state index in [1.165, 1.54) is 0 Å². The van der Waals surface area contributed by atoms with E-state index in [1.807, 2.05) is 36.4 Å². The van der Waals surface area contributed by atoms with Crippen LogP contribution < -0.4 is 15.4 Å². The molecule has 0 aliphatic heterocycles. The van der Waals surface area contributed by atoms with Gasteiger partial charge in [-0.3, -0.25) is 0 Å². The summed E-state index contributed by atoms with van der Waals surface area (Å²) in [5.41, 5.74) is 2.39. The second kappa shape index (κ2) is 7.48. The zero-order valence-corrected chi connectivity index (χ0v) is 13.9. The van der Waals surface area contributed by atoms with Crippen LogP contribution >= 0.6 is 0 Å². The number of aryl methyl sites for hydroxylation is 1. The molecule has 0 fully saturated rings. The molecular formula is C18H18N4O3. The summed E-state index contributed by atoms with van der Waals surface area (Å²) < 4.78 is 10.2. The third-order valence-electron chi connectivity index (χ3n) is 3.56. The third-order valence-corrected chi connectivity index (χ3v) is 3.56. The molecule has 0 saturated heterocycles. The molecule has 2 N–H and O–H groups in total. The van der Waals surface area contributed by atoms with Gasteiger partial charge in [0.1, 0.15) is 5.75 Å². The van der Waals surface area contributed by atoms with Gasteiger partial charge in [-0.25, -0.2) is 4.79 Å². The van der Waals surface area contributed by atoms with Crippen molar-refractivity contribution < 1.29 is 14.1 Å². The number of hydrogen-bond acceptors (Lipinski definition) is 5. The number of benzene rings is 2. The van der Waals surface area contributed by atoms with Crippen LogP contribution in [-0.4, -0.2) is 23.3 Å². The van der Waals surface area contributed by atoms with E-state index in [0.717, 1.165) is 16.9 Å². The number of methoxy groups -OCH3 is 1. The first-order valence-corrected chi connectivity index (χ1v) is 7.73. The molecule has 2 amide bonds. The maximum atomic E-state index is 12.0. The van der Waals surface area contributed by atoms with Crippen LogP contribution in [0.15, 0.2) is 53.1 Å². The summed E-state index contributed by atoms with van der Waals surface area (Å²) in [5.74, 6) is 1.76. The van der Waals surface area contributed by atoms with Crippen molar-refractivity contribution in [3.63, 3.8) is 0 Å².